The molecule has 1 N–H and O–H groups in total. The predicted octanol–water partition coefficient (Wildman–Crippen LogP) is 2.80. The number of thiazole rings is 1. The molecule has 0 bridgehead atoms. The van der Waals surface area contributed by atoms with Crippen molar-refractivity contribution in [2.24, 2.45) is 0 Å². The van der Waals surface area contributed by atoms with Crippen molar-refractivity contribution >= 4 is 28.3 Å². The van der Waals surface area contributed by atoms with Crippen molar-refractivity contribution in [1.29, 1.82) is 0 Å². The summed E-state index contributed by atoms with van der Waals surface area (Å²) in [4.78, 5) is 27.1. The van der Waals surface area contributed by atoms with Crippen LogP contribution < -0.4 is 10.1 Å². The largest absolute Gasteiger partial charge is 0.491 e. The van der Waals surface area contributed by atoms with Gasteiger partial charge in [0.05, 0.1) is 25.8 Å². The molecule has 0 aliphatic rings. The average Bonchev–Trinajstić information content (AvgIpc) is 2.99. The lowest BCUT2D eigenvalue weighted by molar-refractivity contribution is -0.139. The molecule has 6 nitrogen and oxygen atoms in total. The van der Waals surface area contributed by atoms with Gasteiger partial charge in [0.25, 0.3) is 0 Å². The molecule has 1 amide bonds. The lowest BCUT2D eigenvalue weighted by atomic mass is 10.3. The highest BCUT2D eigenvalue weighted by Gasteiger charge is 2.10. The smallest absolute Gasteiger partial charge is 0.311 e. The number of carbonyl (C=O) groups is 2. The number of rotatable bonds is 8. The number of halogens is 1. The van der Waals surface area contributed by atoms with Gasteiger partial charge in [-0.15, -0.1) is 11.3 Å². The van der Waals surface area contributed by atoms with Crippen LogP contribution in [0.3, 0.4) is 0 Å². The van der Waals surface area contributed by atoms with E-state index >= 15 is 0 Å². The van der Waals surface area contributed by atoms with Gasteiger partial charge < -0.3 is 14.8 Å². The maximum absolute atomic E-state index is 13.3. The normalized spacial score (nSPS) is 10.2. The van der Waals surface area contributed by atoms with Gasteiger partial charge in [-0.05, 0) is 18.6 Å². The van der Waals surface area contributed by atoms with Gasteiger partial charge in [0, 0.05) is 11.8 Å². The fourth-order valence-corrected chi connectivity index (χ4v) is 2.55. The Balaban J connectivity index is 1.70. The van der Waals surface area contributed by atoms with Crippen LogP contribution in [0, 0.1) is 5.82 Å². The Kier molecular flexibility index (Phi) is 6.68. The number of para-hydroxylation sites is 1. The molecule has 0 spiro atoms. The summed E-state index contributed by atoms with van der Waals surface area (Å²) < 4.78 is 23.2. The summed E-state index contributed by atoms with van der Waals surface area (Å²) in [6, 6.07) is 6.11. The number of hydrogen-bond acceptors (Lipinski definition) is 6. The van der Waals surface area contributed by atoms with E-state index < -0.39 is 5.82 Å². The van der Waals surface area contributed by atoms with E-state index in [1.54, 1.807) is 17.5 Å². The van der Waals surface area contributed by atoms with Gasteiger partial charge in [-0.25, -0.2) is 9.37 Å². The lowest BCUT2D eigenvalue weighted by Crippen LogP contribution is -2.13. The van der Waals surface area contributed by atoms with Gasteiger partial charge in [0.15, 0.2) is 16.7 Å². The van der Waals surface area contributed by atoms with E-state index in [9.17, 15) is 14.0 Å². The molecular formula is C16H17FN2O4S. The van der Waals surface area contributed by atoms with Crippen molar-refractivity contribution in [3.05, 3.63) is 41.2 Å². The second-order valence-corrected chi connectivity index (χ2v) is 5.69. The van der Waals surface area contributed by atoms with Crippen LogP contribution in [-0.2, 0) is 20.7 Å². The average molecular weight is 352 g/mol. The number of amides is 1. The minimum atomic E-state index is -0.428. The minimum absolute atomic E-state index is 0.0688. The first-order chi connectivity index (χ1) is 11.6. The summed E-state index contributed by atoms with van der Waals surface area (Å²) in [5, 5.41) is 4.76. The number of hydrogen-bond donors (Lipinski definition) is 1. The summed E-state index contributed by atoms with van der Waals surface area (Å²) in [5.74, 6) is -0.859. The Hall–Kier alpha value is -2.48. The topological polar surface area (TPSA) is 77.5 Å². The van der Waals surface area contributed by atoms with E-state index in [0.717, 1.165) is 0 Å². The fourth-order valence-electron chi connectivity index (χ4n) is 1.82. The van der Waals surface area contributed by atoms with Crippen LogP contribution in [0.15, 0.2) is 29.6 Å². The molecular weight excluding hydrogens is 335 g/mol. The Bertz CT molecular complexity index is 705. The van der Waals surface area contributed by atoms with Crippen molar-refractivity contribution in [1.82, 2.24) is 4.98 Å². The number of benzene rings is 1. The van der Waals surface area contributed by atoms with Crippen LogP contribution in [-0.4, -0.2) is 30.6 Å². The molecule has 2 aromatic rings. The van der Waals surface area contributed by atoms with Gasteiger partial charge in [-0.1, -0.05) is 12.1 Å². The molecule has 0 aliphatic carbocycles. The highest BCUT2D eigenvalue weighted by Crippen LogP contribution is 2.17. The zero-order valence-corrected chi connectivity index (χ0v) is 13.9. The summed E-state index contributed by atoms with van der Waals surface area (Å²) in [7, 11) is 1.31. The minimum Gasteiger partial charge on any atom is -0.491 e. The number of ether oxygens (including phenoxy) is 2. The van der Waals surface area contributed by atoms with Gasteiger partial charge >= 0.3 is 5.97 Å². The standard InChI is InChI=1S/C16H17FN2O4S/c1-22-15(21)9-11-10-24-16(18-11)19-14(20)7-4-8-23-13-6-3-2-5-12(13)17/h2-3,5-6,10H,4,7-9H2,1H3,(H,18,19,20). The highest BCUT2D eigenvalue weighted by atomic mass is 32.1. The summed E-state index contributed by atoms with van der Waals surface area (Å²) in [6.45, 7) is 0.236. The Labute approximate surface area is 142 Å². The third-order valence-corrected chi connectivity index (χ3v) is 3.80. The zero-order valence-electron chi connectivity index (χ0n) is 13.1. The summed E-state index contributed by atoms with van der Waals surface area (Å²) in [5.41, 5.74) is 0.546. The molecule has 0 atom stereocenters. The number of methoxy groups -OCH3 is 1. The molecule has 1 heterocycles. The molecule has 0 saturated heterocycles. The molecule has 0 unspecified atom stereocenters. The first-order valence-corrected chi connectivity index (χ1v) is 8.15. The zero-order chi connectivity index (χ0) is 17.4. The number of nitrogens with one attached hydrogen (secondary N) is 1. The molecule has 2 rings (SSSR count). The molecule has 1 aromatic carbocycles. The predicted molar refractivity (Wildman–Crippen MR) is 87.6 cm³/mol. The van der Waals surface area contributed by atoms with Gasteiger partial charge in [-0.2, -0.15) is 0 Å². The Morgan fingerprint density at radius 1 is 1.33 bits per heavy atom. The van der Waals surface area contributed by atoms with E-state index in [2.05, 4.69) is 15.0 Å². The Morgan fingerprint density at radius 3 is 2.88 bits per heavy atom. The van der Waals surface area contributed by atoms with E-state index in [1.165, 1.54) is 30.6 Å². The van der Waals surface area contributed by atoms with E-state index in [4.69, 9.17) is 4.74 Å². The monoisotopic (exact) mass is 352 g/mol. The highest BCUT2D eigenvalue weighted by molar-refractivity contribution is 7.13. The maximum atomic E-state index is 13.3. The first kappa shape index (κ1) is 17.9. The van der Waals surface area contributed by atoms with Crippen LogP contribution in [0.25, 0.3) is 0 Å². The molecule has 24 heavy (non-hydrogen) atoms. The molecule has 0 fully saturated rings. The van der Waals surface area contributed by atoms with Gasteiger partial charge in [-0.3, -0.25) is 9.59 Å². The van der Waals surface area contributed by atoms with Crippen molar-refractivity contribution in [2.75, 3.05) is 19.0 Å². The number of aromatic nitrogens is 1. The first-order valence-electron chi connectivity index (χ1n) is 7.27. The number of anilines is 1. The van der Waals surface area contributed by atoms with Crippen LogP contribution in [0.5, 0.6) is 5.75 Å². The second kappa shape index (κ2) is 8.97. The third-order valence-electron chi connectivity index (χ3n) is 2.99. The molecule has 128 valence electrons. The molecule has 0 saturated carbocycles. The Morgan fingerprint density at radius 2 is 2.12 bits per heavy atom. The van der Waals surface area contributed by atoms with E-state index in [-0.39, 0.29) is 37.1 Å². The molecule has 0 radical (unpaired) electrons. The summed E-state index contributed by atoms with van der Waals surface area (Å²) >= 11 is 1.24. The molecule has 8 heteroatoms. The van der Waals surface area contributed by atoms with Crippen molar-refractivity contribution in [3.8, 4) is 5.75 Å². The number of carbonyl (C=O) groups excluding carboxylic acids is 2. The van der Waals surface area contributed by atoms with Crippen LogP contribution in [0.2, 0.25) is 0 Å². The van der Waals surface area contributed by atoms with Crippen molar-refractivity contribution in [3.63, 3.8) is 0 Å². The van der Waals surface area contributed by atoms with E-state index in [1.807, 2.05) is 0 Å². The molecule has 1 aromatic heterocycles. The van der Waals surface area contributed by atoms with Crippen LogP contribution in [0.1, 0.15) is 18.5 Å². The fraction of sp³-hybridized carbons (Fsp3) is 0.312. The number of esters is 1. The lowest BCUT2D eigenvalue weighted by Gasteiger charge is -2.06. The van der Waals surface area contributed by atoms with Gasteiger partial charge in [0.1, 0.15) is 0 Å². The summed E-state index contributed by atoms with van der Waals surface area (Å²) in [6.07, 6.45) is 0.736. The third kappa shape index (κ3) is 5.62. The second-order valence-electron chi connectivity index (χ2n) is 4.83. The van der Waals surface area contributed by atoms with Crippen molar-refractivity contribution < 1.29 is 23.5 Å². The number of nitrogens with zero attached hydrogens (tertiary/aromatic N) is 1. The van der Waals surface area contributed by atoms with Crippen LogP contribution >= 0.6 is 11.3 Å². The van der Waals surface area contributed by atoms with Gasteiger partial charge in [0.2, 0.25) is 5.91 Å². The quantitative estimate of drug-likeness (QED) is 0.584. The van der Waals surface area contributed by atoms with Crippen molar-refractivity contribution in [2.45, 2.75) is 19.3 Å². The SMILES string of the molecule is COC(=O)Cc1csc(NC(=O)CCCOc2ccccc2F)n1. The van der Waals surface area contributed by atoms with Crippen LogP contribution in [0.4, 0.5) is 9.52 Å². The molecule has 0 aliphatic heterocycles. The maximum Gasteiger partial charge on any atom is 0.311 e. The van der Waals surface area contributed by atoms with E-state index in [0.29, 0.717) is 17.2 Å².